The zero-order chi connectivity index (χ0) is 14.3. The van der Waals surface area contributed by atoms with E-state index in [1.54, 1.807) is 7.05 Å². The van der Waals surface area contributed by atoms with E-state index in [-0.39, 0.29) is 11.4 Å². The highest BCUT2D eigenvalue weighted by atomic mass is 16.1. The maximum atomic E-state index is 11.2. The van der Waals surface area contributed by atoms with Crippen LogP contribution in [0.25, 0.3) is 0 Å². The summed E-state index contributed by atoms with van der Waals surface area (Å²) in [6.45, 7) is 11.2. The fraction of sp³-hybridized carbons (Fsp3) is 0.933. The van der Waals surface area contributed by atoms with Gasteiger partial charge in [0.05, 0.1) is 0 Å². The maximum Gasteiger partial charge on any atom is 0.219 e. The molecule has 0 aromatic rings. The van der Waals surface area contributed by atoms with E-state index in [9.17, 15) is 4.79 Å². The highest BCUT2D eigenvalue weighted by molar-refractivity contribution is 5.75. The molecule has 19 heavy (non-hydrogen) atoms. The Kier molecular flexibility index (Phi) is 6.80. The second-order valence-electron chi connectivity index (χ2n) is 6.72. The van der Waals surface area contributed by atoms with Gasteiger partial charge < -0.3 is 15.5 Å². The Bertz CT molecular complexity index is 273. The fourth-order valence-electron chi connectivity index (χ4n) is 2.56. The molecule has 1 saturated heterocycles. The summed E-state index contributed by atoms with van der Waals surface area (Å²) in [4.78, 5) is 13.7. The zero-order valence-electron chi connectivity index (χ0n) is 13.1. The first kappa shape index (κ1) is 16.4. The molecule has 1 amide bonds. The largest absolute Gasteiger partial charge is 0.359 e. The SMILES string of the molecule is CNC(=O)CCCN1CCCC(CNC(C)(C)C)C1. The predicted molar refractivity (Wildman–Crippen MR) is 80.2 cm³/mol. The van der Waals surface area contributed by atoms with Crippen molar-refractivity contribution in [3.05, 3.63) is 0 Å². The summed E-state index contributed by atoms with van der Waals surface area (Å²) in [5.41, 5.74) is 0.210. The number of carbonyl (C=O) groups is 1. The van der Waals surface area contributed by atoms with Crippen LogP contribution in [0.5, 0.6) is 0 Å². The van der Waals surface area contributed by atoms with Crippen LogP contribution in [0.2, 0.25) is 0 Å². The summed E-state index contributed by atoms with van der Waals surface area (Å²) in [6, 6.07) is 0. The first-order valence-electron chi connectivity index (χ1n) is 7.58. The number of likely N-dealkylation sites (tertiary alicyclic amines) is 1. The van der Waals surface area contributed by atoms with Gasteiger partial charge in [-0.2, -0.15) is 0 Å². The van der Waals surface area contributed by atoms with Gasteiger partial charge in [-0.3, -0.25) is 4.79 Å². The summed E-state index contributed by atoms with van der Waals surface area (Å²) in [5, 5.41) is 6.29. The fourth-order valence-corrected chi connectivity index (χ4v) is 2.56. The number of amides is 1. The molecule has 4 heteroatoms. The molecule has 1 aliphatic rings. The molecule has 1 rings (SSSR count). The highest BCUT2D eigenvalue weighted by Crippen LogP contribution is 2.17. The van der Waals surface area contributed by atoms with Crippen LogP contribution in [0.15, 0.2) is 0 Å². The molecule has 0 aliphatic carbocycles. The summed E-state index contributed by atoms with van der Waals surface area (Å²) < 4.78 is 0. The number of carbonyl (C=O) groups excluding carboxylic acids is 1. The smallest absolute Gasteiger partial charge is 0.219 e. The minimum Gasteiger partial charge on any atom is -0.359 e. The van der Waals surface area contributed by atoms with Gasteiger partial charge in [0.1, 0.15) is 0 Å². The van der Waals surface area contributed by atoms with E-state index in [0.717, 1.165) is 25.4 Å². The molecule has 0 aromatic heterocycles. The molecule has 0 spiro atoms. The lowest BCUT2D eigenvalue weighted by molar-refractivity contribution is -0.120. The van der Waals surface area contributed by atoms with Crippen LogP contribution in [0.1, 0.15) is 46.5 Å². The Hall–Kier alpha value is -0.610. The van der Waals surface area contributed by atoms with Crippen molar-refractivity contribution in [2.24, 2.45) is 5.92 Å². The normalized spacial score (nSPS) is 21.4. The second kappa shape index (κ2) is 7.85. The summed E-state index contributed by atoms with van der Waals surface area (Å²) in [6.07, 6.45) is 4.24. The van der Waals surface area contributed by atoms with Crippen LogP contribution in [0, 0.1) is 5.92 Å². The number of nitrogens with one attached hydrogen (secondary N) is 2. The van der Waals surface area contributed by atoms with Gasteiger partial charge in [0, 0.05) is 25.6 Å². The Morgan fingerprint density at radius 3 is 2.74 bits per heavy atom. The van der Waals surface area contributed by atoms with E-state index in [4.69, 9.17) is 0 Å². The third kappa shape index (κ3) is 7.53. The van der Waals surface area contributed by atoms with Crippen molar-refractivity contribution >= 4 is 5.91 Å². The molecule has 1 aliphatic heterocycles. The maximum absolute atomic E-state index is 11.2. The predicted octanol–water partition coefficient (Wildman–Crippen LogP) is 1.61. The third-order valence-electron chi connectivity index (χ3n) is 3.68. The Morgan fingerprint density at radius 1 is 1.37 bits per heavy atom. The lowest BCUT2D eigenvalue weighted by atomic mass is 9.96. The molecule has 0 aromatic carbocycles. The first-order chi connectivity index (χ1) is 8.90. The minimum atomic E-state index is 0.156. The quantitative estimate of drug-likeness (QED) is 0.770. The molecule has 4 nitrogen and oxygen atoms in total. The molecule has 0 saturated carbocycles. The van der Waals surface area contributed by atoms with E-state index in [2.05, 4.69) is 36.3 Å². The van der Waals surface area contributed by atoms with Crippen LogP contribution in [0.4, 0.5) is 0 Å². The summed E-state index contributed by atoms with van der Waals surface area (Å²) >= 11 is 0. The lowest BCUT2D eigenvalue weighted by Gasteiger charge is -2.34. The average Bonchev–Trinajstić information content (AvgIpc) is 2.36. The first-order valence-corrected chi connectivity index (χ1v) is 7.58. The van der Waals surface area contributed by atoms with Crippen molar-refractivity contribution in [3.63, 3.8) is 0 Å². The van der Waals surface area contributed by atoms with Crippen LogP contribution in [-0.2, 0) is 4.79 Å². The van der Waals surface area contributed by atoms with Gasteiger partial charge >= 0.3 is 0 Å². The highest BCUT2D eigenvalue weighted by Gasteiger charge is 2.21. The van der Waals surface area contributed by atoms with E-state index in [0.29, 0.717) is 6.42 Å². The van der Waals surface area contributed by atoms with Gasteiger partial charge in [-0.25, -0.2) is 0 Å². The van der Waals surface area contributed by atoms with Crippen molar-refractivity contribution in [2.45, 2.75) is 52.0 Å². The van der Waals surface area contributed by atoms with E-state index >= 15 is 0 Å². The molecule has 1 atom stereocenters. The molecule has 0 bridgehead atoms. The molecule has 0 radical (unpaired) electrons. The van der Waals surface area contributed by atoms with E-state index in [1.807, 2.05) is 0 Å². The van der Waals surface area contributed by atoms with Crippen LogP contribution >= 0.6 is 0 Å². The lowest BCUT2D eigenvalue weighted by Crippen LogP contribution is -2.44. The summed E-state index contributed by atoms with van der Waals surface area (Å²) in [7, 11) is 1.71. The summed E-state index contributed by atoms with van der Waals surface area (Å²) in [5.74, 6) is 0.913. The van der Waals surface area contributed by atoms with Crippen LogP contribution in [-0.4, -0.2) is 49.6 Å². The number of piperidine rings is 1. The number of hydrogen-bond donors (Lipinski definition) is 2. The average molecular weight is 269 g/mol. The molecule has 1 heterocycles. The topological polar surface area (TPSA) is 44.4 Å². The van der Waals surface area contributed by atoms with Crippen LogP contribution in [0.3, 0.4) is 0 Å². The van der Waals surface area contributed by atoms with Crippen LogP contribution < -0.4 is 10.6 Å². The van der Waals surface area contributed by atoms with Gasteiger partial charge in [0.25, 0.3) is 0 Å². The van der Waals surface area contributed by atoms with Gasteiger partial charge in [-0.15, -0.1) is 0 Å². The van der Waals surface area contributed by atoms with Crippen molar-refractivity contribution in [2.75, 3.05) is 33.2 Å². The molecular weight excluding hydrogens is 238 g/mol. The van der Waals surface area contributed by atoms with Crippen molar-refractivity contribution in [3.8, 4) is 0 Å². The standard InChI is InChI=1S/C15H31N3O/c1-15(2,3)17-11-13-7-5-9-18(12-13)10-6-8-14(19)16-4/h13,17H,5-12H2,1-4H3,(H,16,19). The molecule has 1 unspecified atom stereocenters. The third-order valence-corrected chi connectivity index (χ3v) is 3.68. The second-order valence-corrected chi connectivity index (χ2v) is 6.72. The van der Waals surface area contributed by atoms with Crippen molar-refractivity contribution in [1.82, 2.24) is 15.5 Å². The Morgan fingerprint density at radius 2 is 2.11 bits per heavy atom. The molecular formula is C15H31N3O. The Labute approximate surface area is 118 Å². The number of nitrogens with zero attached hydrogens (tertiary/aromatic N) is 1. The minimum absolute atomic E-state index is 0.156. The zero-order valence-corrected chi connectivity index (χ0v) is 13.1. The monoisotopic (exact) mass is 269 g/mol. The van der Waals surface area contributed by atoms with Gasteiger partial charge in [0.15, 0.2) is 0 Å². The Balaban J connectivity index is 2.20. The molecule has 112 valence electrons. The van der Waals surface area contributed by atoms with Gasteiger partial charge in [-0.1, -0.05) is 0 Å². The van der Waals surface area contributed by atoms with E-state index < -0.39 is 0 Å². The van der Waals surface area contributed by atoms with E-state index in [1.165, 1.54) is 25.9 Å². The number of hydrogen-bond acceptors (Lipinski definition) is 3. The van der Waals surface area contributed by atoms with Crippen molar-refractivity contribution in [1.29, 1.82) is 0 Å². The number of rotatable bonds is 6. The molecule has 1 fully saturated rings. The van der Waals surface area contributed by atoms with Gasteiger partial charge in [0.2, 0.25) is 5.91 Å². The van der Waals surface area contributed by atoms with Gasteiger partial charge in [-0.05, 0) is 65.6 Å². The molecule has 2 N–H and O–H groups in total. The van der Waals surface area contributed by atoms with Crippen molar-refractivity contribution < 1.29 is 4.79 Å².